The molecule has 1 aromatic heterocycles. The van der Waals surface area contributed by atoms with E-state index < -0.39 is 0 Å². The molecule has 2 amide bonds. The number of benzene rings is 2. The maximum Gasteiger partial charge on any atom is 0.254 e. The standard InChI is InChI=1S/C31H37N5O3/c1-23-10-12-25(13-11-23)28-14-15-29(33-32-28)34-16-6-17-35(19-18-34)30(37)22-36(21-26-8-5-20-39-26)31(38)27-9-4-3-7-24(27)2/h3-4,7,9-15,26H,5-6,8,16-22H2,1-2H3/t26-/m1/s1. The van der Waals surface area contributed by atoms with E-state index in [0.29, 0.717) is 38.3 Å². The molecule has 1 atom stereocenters. The number of hydrogen-bond acceptors (Lipinski definition) is 6. The summed E-state index contributed by atoms with van der Waals surface area (Å²) < 4.78 is 5.81. The minimum Gasteiger partial charge on any atom is -0.376 e. The highest BCUT2D eigenvalue weighted by Gasteiger charge is 2.28. The molecule has 0 N–H and O–H groups in total. The Kier molecular flexibility index (Phi) is 8.51. The summed E-state index contributed by atoms with van der Waals surface area (Å²) in [6, 6.07) is 19.8. The minimum absolute atomic E-state index is 0.0214. The van der Waals surface area contributed by atoms with E-state index in [1.54, 1.807) is 4.90 Å². The van der Waals surface area contributed by atoms with E-state index in [2.05, 4.69) is 46.3 Å². The van der Waals surface area contributed by atoms with Gasteiger partial charge < -0.3 is 19.4 Å². The van der Waals surface area contributed by atoms with Crippen LogP contribution in [0, 0.1) is 13.8 Å². The van der Waals surface area contributed by atoms with Crippen LogP contribution in [0.15, 0.2) is 60.7 Å². The lowest BCUT2D eigenvalue weighted by Crippen LogP contribution is -2.46. The van der Waals surface area contributed by atoms with Crippen molar-refractivity contribution in [1.29, 1.82) is 0 Å². The molecule has 2 saturated heterocycles. The Hall–Kier alpha value is -3.78. The van der Waals surface area contributed by atoms with Gasteiger partial charge in [-0.1, -0.05) is 48.0 Å². The fraction of sp³-hybridized carbons (Fsp3) is 0.419. The Balaban J connectivity index is 1.22. The zero-order valence-electron chi connectivity index (χ0n) is 22.9. The molecule has 2 aliphatic rings. The van der Waals surface area contributed by atoms with Gasteiger partial charge in [-0.15, -0.1) is 10.2 Å². The van der Waals surface area contributed by atoms with Crippen LogP contribution in [0.3, 0.4) is 0 Å². The molecule has 204 valence electrons. The highest BCUT2D eigenvalue weighted by molar-refractivity contribution is 5.97. The van der Waals surface area contributed by atoms with Crippen LogP contribution in [0.4, 0.5) is 5.82 Å². The number of amides is 2. The third kappa shape index (κ3) is 6.63. The maximum absolute atomic E-state index is 13.5. The summed E-state index contributed by atoms with van der Waals surface area (Å²) in [6.45, 7) is 7.88. The molecule has 8 nitrogen and oxygen atoms in total. The first-order valence-corrected chi connectivity index (χ1v) is 13.9. The molecule has 0 aliphatic carbocycles. The predicted octanol–water partition coefficient (Wildman–Crippen LogP) is 4.12. The lowest BCUT2D eigenvalue weighted by molar-refractivity contribution is -0.132. The molecule has 0 spiro atoms. The summed E-state index contributed by atoms with van der Waals surface area (Å²) in [4.78, 5) is 32.7. The Morgan fingerprint density at radius 3 is 2.46 bits per heavy atom. The van der Waals surface area contributed by atoms with Crippen molar-refractivity contribution in [2.24, 2.45) is 0 Å². The van der Waals surface area contributed by atoms with Gasteiger partial charge in [-0.05, 0) is 56.9 Å². The average Bonchev–Trinajstić information content (AvgIpc) is 3.34. The summed E-state index contributed by atoms with van der Waals surface area (Å²) in [5, 5.41) is 8.94. The number of ether oxygens (including phenoxy) is 1. The van der Waals surface area contributed by atoms with Gasteiger partial charge in [0.1, 0.15) is 6.54 Å². The van der Waals surface area contributed by atoms with Crippen molar-refractivity contribution in [2.75, 3.05) is 50.8 Å². The number of rotatable bonds is 7. The molecule has 3 aromatic rings. The van der Waals surface area contributed by atoms with E-state index in [1.165, 1.54) is 5.56 Å². The van der Waals surface area contributed by atoms with Crippen LogP contribution in [0.25, 0.3) is 11.3 Å². The third-order valence-corrected chi connectivity index (χ3v) is 7.61. The molecular weight excluding hydrogens is 490 g/mol. The fourth-order valence-corrected chi connectivity index (χ4v) is 5.27. The van der Waals surface area contributed by atoms with Crippen molar-refractivity contribution in [1.82, 2.24) is 20.0 Å². The number of carbonyl (C=O) groups excluding carboxylic acids is 2. The van der Waals surface area contributed by atoms with Crippen molar-refractivity contribution in [3.05, 3.63) is 77.4 Å². The molecule has 0 unspecified atom stereocenters. The summed E-state index contributed by atoms with van der Waals surface area (Å²) in [7, 11) is 0. The molecule has 0 radical (unpaired) electrons. The number of aromatic nitrogens is 2. The number of hydrogen-bond donors (Lipinski definition) is 0. The second-order valence-electron chi connectivity index (χ2n) is 10.5. The van der Waals surface area contributed by atoms with E-state index in [-0.39, 0.29) is 24.5 Å². The largest absolute Gasteiger partial charge is 0.376 e. The van der Waals surface area contributed by atoms with Gasteiger partial charge in [0, 0.05) is 50.5 Å². The van der Waals surface area contributed by atoms with Crippen molar-refractivity contribution < 1.29 is 14.3 Å². The smallest absolute Gasteiger partial charge is 0.254 e. The van der Waals surface area contributed by atoms with E-state index in [9.17, 15) is 9.59 Å². The van der Waals surface area contributed by atoms with Crippen LogP contribution < -0.4 is 4.90 Å². The predicted molar refractivity (Wildman–Crippen MR) is 152 cm³/mol. The Labute approximate surface area is 230 Å². The van der Waals surface area contributed by atoms with Crippen LogP contribution in [0.2, 0.25) is 0 Å². The van der Waals surface area contributed by atoms with Gasteiger partial charge in [-0.2, -0.15) is 0 Å². The van der Waals surface area contributed by atoms with Crippen molar-refractivity contribution in [3.63, 3.8) is 0 Å². The Morgan fingerprint density at radius 1 is 0.923 bits per heavy atom. The summed E-state index contributed by atoms with van der Waals surface area (Å²) >= 11 is 0. The molecule has 8 heteroatoms. The minimum atomic E-state index is -0.114. The second kappa shape index (κ2) is 12.4. The van der Waals surface area contributed by atoms with Crippen LogP contribution in [0.5, 0.6) is 0 Å². The average molecular weight is 528 g/mol. The molecule has 2 aromatic carbocycles. The zero-order chi connectivity index (χ0) is 27.2. The van der Waals surface area contributed by atoms with Gasteiger partial charge in [-0.25, -0.2) is 0 Å². The van der Waals surface area contributed by atoms with Crippen LogP contribution >= 0.6 is 0 Å². The van der Waals surface area contributed by atoms with E-state index >= 15 is 0 Å². The SMILES string of the molecule is Cc1ccc(-c2ccc(N3CCCN(C(=O)CN(C[C@H]4CCCO4)C(=O)c4ccccc4C)CC3)nn2)cc1. The molecule has 39 heavy (non-hydrogen) atoms. The lowest BCUT2D eigenvalue weighted by Gasteiger charge is -2.29. The van der Waals surface area contributed by atoms with Crippen molar-refractivity contribution in [3.8, 4) is 11.3 Å². The molecule has 2 fully saturated rings. The molecule has 3 heterocycles. The van der Waals surface area contributed by atoms with Gasteiger partial charge in [-0.3, -0.25) is 9.59 Å². The third-order valence-electron chi connectivity index (χ3n) is 7.61. The second-order valence-corrected chi connectivity index (χ2v) is 10.5. The maximum atomic E-state index is 13.5. The van der Waals surface area contributed by atoms with Crippen LogP contribution in [0.1, 0.15) is 40.7 Å². The number of nitrogens with zero attached hydrogens (tertiary/aromatic N) is 5. The Bertz CT molecular complexity index is 1270. The summed E-state index contributed by atoms with van der Waals surface area (Å²) in [6.07, 6.45) is 2.70. The fourth-order valence-electron chi connectivity index (χ4n) is 5.27. The zero-order valence-corrected chi connectivity index (χ0v) is 22.9. The highest BCUT2D eigenvalue weighted by Crippen LogP contribution is 2.21. The summed E-state index contributed by atoms with van der Waals surface area (Å²) in [5.74, 6) is 0.671. The molecule has 0 bridgehead atoms. The molecule has 2 aliphatic heterocycles. The lowest BCUT2D eigenvalue weighted by atomic mass is 10.1. The van der Waals surface area contributed by atoms with Gasteiger partial charge >= 0.3 is 0 Å². The van der Waals surface area contributed by atoms with Gasteiger partial charge in [0.15, 0.2) is 5.82 Å². The quantitative estimate of drug-likeness (QED) is 0.460. The number of anilines is 1. The number of aryl methyl sites for hydroxylation is 2. The molecule has 0 saturated carbocycles. The topological polar surface area (TPSA) is 78.9 Å². The normalized spacial score (nSPS) is 17.6. The van der Waals surface area contributed by atoms with Gasteiger partial charge in [0.05, 0.1) is 11.8 Å². The first-order chi connectivity index (χ1) is 19.0. The van der Waals surface area contributed by atoms with Crippen LogP contribution in [-0.4, -0.2) is 83.8 Å². The van der Waals surface area contributed by atoms with E-state index in [4.69, 9.17) is 4.74 Å². The monoisotopic (exact) mass is 527 g/mol. The summed E-state index contributed by atoms with van der Waals surface area (Å²) in [5.41, 5.74) is 4.64. The highest BCUT2D eigenvalue weighted by atomic mass is 16.5. The Morgan fingerprint density at radius 2 is 1.74 bits per heavy atom. The van der Waals surface area contributed by atoms with Crippen LogP contribution in [-0.2, 0) is 9.53 Å². The van der Waals surface area contributed by atoms with Crippen molar-refractivity contribution in [2.45, 2.75) is 39.2 Å². The van der Waals surface area contributed by atoms with E-state index in [1.807, 2.05) is 48.2 Å². The van der Waals surface area contributed by atoms with Gasteiger partial charge in [0.25, 0.3) is 5.91 Å². The van der Waals surface area contributed by atoms with E-state index in [0.717, 1.165) is 48.4 Å². The first-order valence-electron chi connectivity index (χ1n) is 13.9. The van der Waals surface area contributed by atoms with Crippen molar-refractivity contribution >= 4 is 17.6 Å². The number of carbonyl (C=O) groups is 2. The molecule has 5 rings (SSSR count). The first kappa shape index (κ1) is 26.8. The van der Waals surface area contributed by atoms with Gasteiger partial charge in [0.2, 0.25) is 5.91 Å². The molecular formula is C31H37N5O3.